The lowest BCUT2D eigenvalue weighted by molar-refractivity contribution is -0.140. The van der Waals surface area contributed by atoms with Gasteiger partial charge in [-0.3, -0.25) is 9.59 Å². The van der Waals surface area contributed by atoms with Crippen molar-refractivity contribution >= 4 is 17.5 Å². The summed E-state index contributed by atoms with van der Waals surface area (Å²) in [7, 11) is 0. The number of amides is 2. The van der Waals surface area contributed by atoms with Gasteiger partial charge in [-0.2, -0.15) is 13.2 Å². The molecule has 0 saturated heterocycles. The second-order valence-corrected chi connectivity index (χ2v) is 7.24. The van der Waals surface area contributed by atoms with Gasteiger partial charge in [-0.15, -0.1) is 0 Å². The number of carbonyl (C=O) groups is 2. The van der Waals surface area contributed by atoms with Crippen molar-refractivity contribution in [1.82, 2.24) is 4.90 Å². The molecule has 0 bridgehead atoms. The van der Waals surface area contributed by atoms with E-state index in [1.54, 1.807) is 30.3 Å². The van der Waals surface area contributed by atoms with Gasteiger partial charge in [-0.1, -0.05) is 36.4 Å². The highest BCUT2D eigenvalue weighted by molar-refractivity contribution is 6.01. The van der Waals surface area contributed by atoms with Crippen molar-refractivity contribution in [3.63, 3.8) is 0 Å². The van der Waals surface area contributed by atoms with Gasteiger partial charge in [-0.05, 0) is 36.1 Å². The molecule has 1 fully saturated rings. The Kier molecular flexibility index (Phi) is 4.61. The predicted octanol–water partition coefficient (Wildman–Crippen LogP) is 4.32. The van der Waals surface area contributed by atoms with Crippen molar-refractivity contribution in [3.8, 4) is 0 Å². The van der Waals surface area contributed by atoms with E-state index in [1.165, 1.54) is 17.0 Å². The molecule has 2 amide bonds. The molecular formula is C21H19F3N2O2. The fourth-order valence-electron chi connectivity index (χ4n) is 3.72. The van der Waals surface area contributed by atoms with Crippen LogP contribution in [0.25, 0.3) is 0 Å². The highest BCUT2D eigenvalue weighted by Gasteiger charge is 2.41. The Balaban J connectivity index is 1.65. The first-order valence-corrected chi connectivity index (χ1v) is 9.19. The minimum Gasteiger partial charge on any atom is -0.335 e. The topological polar surface area (TPSA) is 49.4 Å². The minimum atomic E-state index is -4.48. The fourth-order valence-corrected chi connectivity index (χ4v) is 3.72. The van der Waals surface area contributed by atoms with Gasteiger partial charge >= 0.3 is 6.18 Å². The summed E-state index contributed by atoms with van der Waals surface area (Å²) in [5, 5.41) is 2.75. The summed E-state index contributed by atoms with van der Waals surface area (Å²) >= 11 is 0. The molecule has 0 spiro atoms. The molecule has 146 valence electrons. The number of alkyl halides is 3. The monoisotopic (exact) mass is 388 g/mol. The number of hydrogen-bond donors (Lipinski definition) is 1. The third-order valence-corrected chi connectivity index (χ3v) is 5.23. The van der Waals surface area contributed by atoms with E-state index in [9.17, 15) is 22.8 Å². The van der Waals surface area contributed by atoms with Crippen molar-refractivity contribution in [3.05, 3.63) is 65.2 Å². The Morgan fingerprint density at radius 3 is 2.46 bits per heavy atom. The molecule has 1 heterocycles. The largest absolute Gasteiger partial charge is 0.416 e. The maximum atomic E-state index is 13.4. The molecule has 1 aliphatic carbocycles. The van der Waals surface area contributed by atoms with E-state index in [0.717, 1.165) is 18.9 Å². The SMILES string of the molecule is O=C1CC(C(=O)N(Cc2ccccc2C(F)(F)F)C2CC2)c2ccccc2N1. The van der Waals surface area contributed by atoms with E-state index in [2.05, 4.69) is 5.32 Å². The summed E-state index contributed by atoms with van der Waals surface area (Å²) in [4.78, 5) is 26.9. The summed E-state index contributed by atoms with van der Waals surface area (Å²) in [5.41, 5.74) is 0.643. The number of hydrogen-bond acceptors (Lipinski definition) is 2. The molecule has 0 aromatic heterocycles. The molecule has 1 atom stereocenters. The van der Waals surface area contributed by atoms with Crippen LogP contribution >= 0.6 is 0 Å². The Morgan fingerprint density at radius 1 is 1.07 bits per heavy atom. The van der Waals surface area contributed by atoms with Crippen LogP contribution in [0, 0.1) is 0 Å². The first-order chi connectivity index (χ1) is 13.3. The Labute approximate surface area is 160 Å². The van der Waals surface area contributed by atoms with Crippen LogP contribution in [0.2, 0.25) is 0 Å². The average Bonchev–Trinajstić information content (AvgIpc) is 3.49. The molecule has 2 aromatic rings. The van der Waals surface area contributed by atoms with Gasteiger partial charge in [0.2, 0.25) is 11.8 Å². The van der Waals surface area contributed by atoms with Crippen molar-refractivity contribution in [1.29, 1.82) is 0 Å². The predicted molar refractivity (Wildman–Crippen MR) is 97.4 cm³/mol. The first kappa shape index (κ1) is 18.5. The van der Waals surface area contributed by atoms with Crippen LogP contribution in [-0.4, -0.2) is 22.8 Å². The number of carbonyl (C=O) groups excluding carboxylic acids is 2. The maximum absolute atomic E-state index is 13.4. The van der Waals surface area contributed by atoms with Crippen molar-refractivity contribution in [2.24, 2.45) is 0 Å². The van der Waals surface area contributed by atoms with E-state index in [-0.39, 0.29) is 36.4 Å². The van der Waals surface area contributed by atoms with Crippen molar-refractivity contribution < 1.29 is 22.8 Å². The summed E-state index contributed by atoms with van der Waals surface area (Å²) in [5.74, 6) is -1.23. The molecule has 1 N–H and O–H groups in total. The van der Waals surface area contributed by atoms with Gasteiger partial charge in [0.25, 0.3) is 0 Å². The van der Waals surface area contributed by atoms with Crippen LogP contribution in [0.15, 0.2) is 48.5 Å². The van der Waals surface area contributed by atoms with E-state index in [4.69, 9.17) is 0 Å². The van der Waals surface area contributed by atoms with Crippen LogP contribution in [-0.2, 0) is 22.3 Å². The minimum absolute atomic E-state index is 0.0000156. The first-order valence-electron chi connectivity index (χ1n) is 9.19. The van der Waals surface area contributed by atoms with E-state index < -0.39 is 17.7 Å². The van der Waals surface area contributed by atoms with Gasteiger partial charge in [-0.25, -0.2) is 0 Å². The zero-order valence-electron chi connectivity index (χ0n) is 15.0. The van der Waals surface area contributed by atoms with Crippen LogP contribution in [0.5, 0.6) is 0 Å². The second kappa shape index (κ2) is 6.96. The Bertz CT molecular complexity index is 922. The van der Waals surface area contributed by atoms with Crippen molar-refractivity contribution in [2.75, 3.05) is 5.32 Å². The molecule has 0 radical (unpaired) electrons. The number of nitrogens with one attached hydrogen (secondary N) is 1. The van der Waals surface area contributed by atoms with Gasteiger partial charge in [0, 0.05) is 24.7 Å². The highest BCUT2D eigenvalue weighted by Crippen LogP contribution is 2.39. The second-order valence-electron chi connectivity index (χ2n) is 7.24. The number of nitrogens with zero attached hydrogens (tertiary/aromatic N) is 1. The fraction of sp³-hybridized carbons (Fsp3) is 0.333. The lowest BCUT2D eigenvalue weighted by Gasteiger charge is -2.31. The lowest BCUT2D eigenvalue weighted by atomic mass is 9.89. The van der Waals surface area contributed by atoms with Gasteiger partial charge in [0.1, 0.15) is 0 Å². The van der Waals surface area contributed by atoms with E-state index in [1.807, 2.05) is 0 Å². The Hall–Kier alpha value is -2.83. The number of fused-ring (bicyclic) bond motifs is 1. The molecule has 2 aliphatic rings. The summed E-state index contributed by atoms with van der Waals surface area (Å²) < 4.78 is 40.1. The van der Waals surface area contributed by atoms with E-state index in [0.29, 0.717) is 11.3 Å². The Morgan fingerprint density at radius 2 is 1.75 bits per heavy atom. The van der Waals surface area contributed by atoms with E-state index >= 15 is 0 Å². The number of benzene rings is 2. The highest BCUT2D eigenvalue weighted by atomic mass is 19.4. The van der Waals surface area contributed by atoms with Crippen LogP contribution in [0.3, 0.4) is 0 Å². The van der Waals surface area contributed by atoms with Gasteiger partial charge in [0.15, 0.2) is 0 Å². The molecular weight excluding hydrogens is 369 g/mol. The summed E-state index contributed by atoms with van der Waals surface area (Å²) in [6.45, 7) is -0.112. The maximum Gasteiger partial charge on any atom is 0.416 e. The van der Waals surface area contributed by atoms with Crippen molar-refractivity contribution in [2.45, 2.75) is 43.9 Å². The molecule has 1 saturated carbocycles. The lowest BCUT2D eigenvalue weighted by Crippen LogP contribution is -2.40. The standard InChI is InChI=1S/C21H19F3N2O2/c22-21(23,24)17-7-3-1-5-13(17)12-26(14-9-10-14)20(28)16-11-19(27)25-18-8-4-2-6-15(16)18/h1-8,14,16H,9-12H2,(H,25,27). The number of anilines is 1. The van der Waals surface area contributed by atoms with Gasteiger partial charge < -0.3 is 10.2 Å². The smallest absolute Gasteiger partial charge is 0.335 e. The van der Waals surface area contributed by atoms with Gasteiger partial charge in [0.05, 0.1) is 11.5 Å². The molecule has 1 unspecified atom stereocenters. The number of halogens is 3. The molecule has 4 rings (SSSR count). The molecule has 2 aromatic carbocycles. The number of para-hydroxylation sites is 1. The molecule has 28 heavy (non-hydrogen) atoms. The zero-order chi connectivity index (χ0) is 19.9. The zero-order valence-corrected chi connectivity index (χ0v) is 15.0. The summed E-state index contributed by atoms with van der Waals surface area (Å²) in [6.07, 6.45) is -2.95. The molecule has 7 heteroatoms. The summed E-state index contributed by atoms with van der Waals surface area (Å²) in [6, 6.07) is 12.3. The third-order valence-electron chi connectivity index (χ3n) is 5.23. The number of rotatable bonds is 4. The van der Waals surface area contributed by atoms with Crippen LogP contribution in [0.4, 0.5) is 18.9 Å². The van der Waals surface area contributed by atoms with Crippen LogP contribution in [0.1, 0.15) is 41.9 Å². The molecule has 4 nitrogen and oxygen atoms in total. The quantitative estimate of drug-likeness (QED) is 0.848. The molecule has 1 aliphatic heterocycles. The average molecular weight is 388 g/mol. The third kappa shape index (κ3) is 3.61. The normalized spacial score (nSPS) is 19.0. The van der Waals surface area contributed by atoms with Crippen LogP contribution < -0.4 is 5.32 Å².